The summed E-state index contributed by atoms with van der Waals surface area (Å²) in [6.07, 6.45) is 6.70. The Balaban J connectivity index is 0.000000343. The summed E-state index contributed by atoms with van der Waals surface area (Å²) < 4.78 is 34.7. The van der Waals surface area contributed by atoms with Crippen LogP contribution in [0.2, 0.25) is 0 Å². The number of carbonyl (C=O) groups excluding carboxylic acids is 2. The molecule has 1 saturated heterocycles. The molecule has 5 rings (SSSR count). The van der Waals surface area contributed by atoms with E-state index in [9.17, 15) is 23.6 Å². The second kappa shape index (κ2) is 13.1. The SMILES string of the molecule is N#Cc1cc(-c2ccnc(NC=O)c2)ccc1OC1CCN(C(=O)CCO)CC1(F)F.c1cncc(C2CC2)c1. The van der Waals surface area contributed by atoms with E-state index in [1.165, 1.54) is 36.7 Å². The first-order valence-corrected chi connectivity index (χ1v) is 12.9. The molecular weight excluding hydrogens is 520 g/mol. The second-order valence-electron chi connectivity index (χ2n) is 9.52. The number of anilines is 1. The Labute approximate surface area is 230 Å². The molecule has 2 N–H and O–H groups in total. The van der Waals surface area contributed by atoms with Gasteiger partial charge in [0.25, 0.3) is 0 Å². The van der Waals surface area contributed by atoms with E-state index in [1.54, 1.807) is 18.2 Å². The molecule has 0 bridgehead atoms. The highest BCUT2D eigenvalue weighted by atomic mass is 19.3. The number of amides is 2. The van der Waals surface area contributed by atoms with Crippen LogP contribution in [0, 0.1) is 11.3 Å². The largest absolute Gasteiger partial charge is 0.483 e. The highest BCUT2D eigenvalue weighted by Gasteiger charge is 2.47. The number of nitriles is 1. The molecule has 2 aliphatic rings. The zero-order valence-electron chi connectivity index (χ0n) is 21.7. The monoisotopic (exact) mass is 549 g/mol. The Kier molecular flexibility index (Phi) is 9.35. The van der Waals surface area contributed by atoms with Gasteiger partial charge in [-0.1, -0.05) is 12.1 Å². The first kappa shape index (κ1) is 28.6. The van der Waals surface area contributed by atoms with E-state index in [0.717, 1.165) is 10.8 Å². The molecule has 1 aliphatic heterocycles. The summed E-state index contributed by atoms with van der Waals surface area (Å²) in [5, 5.41) is 20.8. The van der Waals surface area contributed by atoms with Crippen LogP contribution in [0.3, 0.4) is 0 Å². The van der Waals surface area contributed by atoms with Crippen molar-refractivity contribution in [2.24, 2.45) is 0 Å². The Morgan fingerprint density at radius 1 is 1.20 bits per heavy atom. The topological polar surface area (TPSA) is 128 Å². The molecule has 1 aromatic carbocycles. The normalized spacial score (nSPS) is 17.6. The molecule has 0 radical (unpaired) electrons. The molecule has 1 unspecified atom stereocenters. The molecule has 2 aromatic heterocycles. The van der Waals surface area contributed by atoms with Crippen LogP contribution < -0.4 is 10.1 Å². The minimum Gasteiger partial charge on any atom is -0.483 e. The molecule has 1 saturated carbocycles. The molecule has 208 valence electrons. The number of halogens is 2. The molecule has 2 fully saturated rings. The van der Waals surface area contributed by atoms with E-state index >= 15 is 0 Å². The highest BCUT2D eigenvalue weighted by Crippen LogP contribution is 2.39. The van der Waals surface area contributed by atoms with Crippen molar-refractivity contribution in [1.29, 1.82) is 5.26 Å². The number of hydrogen-bond donors (Lipinski definition) is 2. The third-order valence-electron chi connectivity index (χ3n) is 6.61. The number of hydrogen-bond acceptors (Lipinski definition) is 7. The van der Waals surface area contributed by atoms with Crippen LogP contribution in [0.25, 0.3) is 11.1 Å². The van der Waals surface area contributed by atoms with Crippen LogP contribution in [-0.2, 0) is 9.59 Å². The lowest BCUT2D eigenvalue weighted by molar-refractivity contribution is -0.160. The number of aliphatic hydroxyl groups is 1. The summed E-state index contributed by atoms with van der Waals surface area (Å²) in [5.41, 5.74) is 2.78. The van der Waals surface area contributed by atoms with Crippen molar-refractivity contribution in [3.8, 4) is 22.9 Å². The molecule has 3 heterocycles. The van der Waals surface area contributed by atoms with Gasteiger partial charge >= 0.3 is 5.92 Å². The van der Waals surface area contributed by atoms with E-state index < -0.39 is 31.1 Å². The number of nitrogens with one attached hydrogen (secondary N) is 1. The lowest BCUT2D eigenvalue weighted by Crippen LogP contribution is -2.55. The Morgan fingerprint density at radius 2 is 2.00 bits per heavy atom. The maximum Gasteiger partial charge on any atom is 0.301 e. The number of alkyl halides is 2. The van der Waals surface area contributed by atoms with Gasteiger partial charge in [-0.3, -0.25) is 14.6 Å². The van der Waals surface area contributed by atoms with Crippen LogP contribution in [-0.4, -0.2) is 64.0 Å². The summed E-state index contributed by atoms with van der Waals surface area (Å²) in [4.78, 5) is 31.4. The summed E-state index contributed by atoms with van der Waals surface area (Å²) in [7, 11) is 0. The van der Waals surface area contributed by atoms with Crippen LogP contribution >= 0.6 is 0 Å². The number of piperidine rings is 1. The summed E-state index contributed by atoms with van der Waals surface area (Å²) in [6, 6.07) is 14.0. The lowest BCUT2D eigenvalue weighted by atomic mass is 10.0. The minimum absolute atomic E-state index is 0.0198. The quantitative estimate of drug-likeness (QED) is 0.404. The number of rotatable bonds is 8. The average Bonchev–Trinajstić information content (AvgIpc) is 3.81. The minimum atomic E-state index is -3.31. The number of aliphatic hydroxyl groups excluding tert-OH is 1. The van der Waals surface area contributed by atoms with Gasteiger partial charge in [0.2, 0.25) is 12.3 Å². The van der Waals surface area contributed by atoms with Crippen molar-refractivity contribution in [3.63, 3.8) is 0 Å². The number of nitrogens with zero attached hydrogens (tertiary/aromatic N) is 4. The fraction of sp³-hybridized carbons (Fsp3) is 0.345. The third kappa shape index (κ3) is 7.36. The van der Waals surface area contributed by atoms with Crippen LogP contribution in [0.15, 0.2) is 61.1 Å². The molecule has 1 aliphatic carbocycles. The number of benzene rings is 1. The zero-order chi connectivity index (χ0) is 28.5. The van der Waals surface area contributed by atoms with Gasteiger partial charge in [0, 0.05) is 38.0 Å². The first-order valence-electron chi connectivity index (χ1n) is 12.9. The van der Waals surface area contributed by atoms with Crippen molar-refractivity contribution in [2.45, 2.75) is 43.6 Å². The molecule has 2 amide bonds. The van der Waals surface area contributed by atoms with Crippen molar-refractivity contribution < 1.29 is 28.2 Å². The van der Waals surface area contributed by atoms with Gasteiger partial charge in [-0.05, 0) is 65.8 Å². The van der Waals surface area contributed by atoms with Gasteiger partial charge in [-0.15, -0.1) is 0 Å². The van der Waals surface area contributed by atoms with Gasteiger partial charge in [-0.2, -0.15) is 5.26 Å². The number of ether oxygens (including phenoxy) is 1. The predicted molar refractivity (Wildman–Crippen MR) is 143 cm³/mol. The van der Waals surface area contributed by atoms with Gasteiger partial charge in [-0.25, -0.2) is 13.8 Å². The molecular formula is C29H29F2N5O4. The van der Waals surface area contributed by atoms with E-state index in [1.807, 2.05) is 24.5 Å². The van der Waals surface area contributed by atoms with Gasteiger partial charge in [0.05, 0.1) is 18.7 Å². The fourth-order valence-corrected chi connectivity index (χ4v) is 4.37. The Hall–Kier alpha value is -4.43. The maximum absolute atomic E-state index is 14.6. The standard InChI is InChI=1S/C21H20F2N4O4.C8H9N/c22-21(23)12-27(20(30)5-8-28)7-4-18(21)31-17-2-1-14(9-16(17)11-24)15-3-6-25-19(10-15)26-13-29;1-2-8(6-9-5-1)7-3-4-7/h1-3,6,9-10,13,18,28H,4-5,7-8,12H2,(H,25,26,29);1-2,5-7H,3-4H2. The molecule has 1 atom stereocenters. The maximum atomic E-state index is 14.6. The van der Waals surface area contributed by atoms with Crippen molar-refractivity contribution in [2.75, 3.05) is 25.0 Å². The fourth-order valence-electron chi connectivity index (χ4n) is 4.37. The van der Waals surface area contributed by atoms with Crippen LogP contribution in [0.4, 0.5) is 14.6 Å². The molecule has 11 heteroatoms. The predicted octanol–water partition coefficient (Wildman–Crippen LogP) is 4.14. The molecule has 40 heavy (non-hydrogen) atoms. The molecule has 9 nitrogen and oxygen atoms in total. The first-order chi connectivity index (χ1) is 19.3. The Morgan fingerprint density at radius 3 is 2.65 bits per heavy atom. The van der Waals surface area contributed by atoms with Crippen LogP contribution in [0.1, 0.15) is 42.7 Å². The average molecular weight is 550 g/mol. The summed E-state index contributed by atoms with van der Waals surface area (Å²) in [5.74, 6) is -2.66. The number of pyridine rings is 2. The molecule has 0 spiro atoms. The third-order valence-corrected chi connectivity index (χ3v) is 6.61. The summed E-state index contributed by atoms with van der Waals surface area (Å²) >= 11 is 0. The lowest BCUT2D eigenvalue weighted by Gasteiger charge is -2.38. The highest BCUT2D eigenvalue weighted by molar-refractivity contribution is 5.76. The van der Waals surface area contributed by atoms with Crippen molar-refractivity contribution >= 4 is 18.1 Å². The number of likely N-dealkylation sites (tertiary alicyclic amines) is 1. The van der Waals surface area contributed by atoms with Crippen molar-refractivity contribution in [3.05, 3.63) is 72.2 Å². The Bertz CT molecular complexity index is 1360. The van der Waals surface area contributed by atoms with Crippen molar-refractivity contribution in [1.82, 2.24) is 14.9 Å². The van der Waals surface area contributed by atoms with Gasteiger partial charge in [0.1, 0.15) is 17.6 Å². The number of aromatic nitrogens is 2. The zero-order valence-corrected chi connectivity index (χ0v) is 21.7. The second-order valence-corrected chi connectivity index (χ2v) is 9.52. The van der Waals surface area contributed by atoms with E-state index in [-0.39, 0.29) is 30.7 Å². The number of carbonyl (C=O) groups is 2. The summed E-state index contributed by atoms with van der Waals surface area (Å²) in [6.45, 7) is -1.13. The molecule has 3 aromatic rings. The van der Waals surface area contributed by atoms with Gasteiger partial charge in [0.15, 0.2) is 6.10 Å². The van der Waals surface area contributed by atoms with E-state index in [4.69, 9.17) is 9.84 Å². The van der Waals surface area contributed by atoms with Gasteiger partial charge < -0.3 is 20.1 Å². The van der Waals surface area contributed by atoms with E-state index in [2.05, 4.69) is 21.4 Å². The van der Waals surface area contributed by atoms with E-state index in [0.29, 0.717) is 23.4 Å². The van der Waals surface area contributed by atoms with Crippen LogP contribution in [0.5, 0.6) is 5.75 Å². The smallest absolute Gasteiger partial charge is 0.301 e.